The third kappa shape index (κ3) is 4.39. The number of amides is 1. The Balaban J connectivity index is 1.50. The third-order valence-corrected chi connectivity index (χ3v) is 6.79. The summed E-state index contributed by atoms with van der Waals surface area (Å²) in [6.07, 6.45) is 2.02. The van der Waals surface area contributed by atoms with Crippen LogP contribution >= 0.6 is 0 Å². The van der Waals surface area contributed by atoms with Gasteiger partial charge in [0, 0.05) is 24.0 Å². The van der Waals surface area contributed by atoms with Gasteiger partial charge in [-0.15, -0.1) is 0 Å². The van der Waals surface area contributed by atoms with Crippen molar-refractivity contribution in [3.8, 4) is 22.4 Å². The van der Waals surface area contributed by atoms with Crippen molar-refractivity contribution in [1.82, 2.24) is 14.8 Å². The van der Waals surface area contributed by atoms with Crippen LogP contribution in [0, 0.1) is 0 Å². The molecular weight excluding hydrogens is 406 g/mol. The Kier molecular flexibility index (Phi) is 5.93. The van der Waals surface area contributed by atoms with E-state index in [9.17, 15) is 4.79 Å². The third-order valence-electron chi connectivity index (χ3n) is 6.79. The maximum absolute atomic E-state index is 13.6. The zero-order chi connectivity index (χ0) is 22.8. The van der Waals surface area contributed by atoms with Crippen molar-refractivity contribution in [2.24, 2.45) is 0 Å². The van der Waals surface area contributed by atoms with Crippen molar-refractivity contribution in [3.05, 3.63) is 90.5 Å². The zero-order valence-corrected chi connectivity index (χ0v) is 19.2. The molecule has 3 aromatic carbocycles. The molecule has 4 aromatic rings. The molecule has 0 unspecified atom stereocenters. The van der Waals surface area contributed by atoms with Crippen LogP contribution in [0.2, 0.25) is 0 Å². The summed E-state index contributed by atoms with van der Waals surface area (Å²) in [6, 6.07) is 28.9. The smallest absolute Gasteiger partial charge is 0.254 e. The Morgan fingerprint density at radius 3 is 2.18 bits per heavy atom. The van der Waals surface area contributed by atoms with Crippen molar-refractivity contribution in [2.45, 2.75) is 18.9 Å². The first-order valence-electron chi connectivity index (χ1n) is 11.6. The van der Waals surface area contributed by atoms with Gasteiger partial charge in [0.25, 0.3) is 5.91 Å². The van der Waals surface area contributed by atoms with Crippen molar-refractivity contribution in [1.29, 1.82) is 0 Å². The second kappa shape index (κ2) is 9.16. The monoisotopic (exact) mass is 435 g/mol. The summed E-state index contributed by atoms with van der Waals surface area (Å²) in [5.74, 6) is 0.0744. The van der Waals surface area contributed by atoms with Crippen LogP contribution in [0.1, 0.15) is 23.2 Å². The van der Waals surface area contributed by atoms with E-state index in [4.69, 9.17) is 4.98 Å². The Morgan fingerprint density at radius 2 is 1.45 bits per heavy atom. The van der Waals surface area contributed by atoms with Crippen LogP contribution in [0.3, 0.4) is 0 Å². The van der Waals surface area contributed by atoms with Crippen LogP contribution in [0.5, 0.6) is 0 Å². The number of para-hydroxylation sites is 1. The van der Waals surface area contributed by atoms with Gasteiger partial charge in [0.2, 0.25) is 0 Å². The topological polar surface area (TPSA) is 36.4 Å². The number of piperidine rings is 1. The van der Waals surface area contributed by atoms with Crippen molar-refractivity contribution in [3.63, 3.8) is 0 Å². The average molecular weight is 436 g/mol. The Morgan fingerprint density at radius 1 is 0.848 bits per heavy atom. The minimum absolute atomic E-state index is 0.0744. The molecule has 1 saturated heterocycles. The fourth-order valence-electron chi connectivity index (χ4n) is 4.70. The normalized spacial score (nSPS) is 15.0. The molecule has 0 aliphatic carbocycles. The van der Waals surface area contributed by atoms with Crippen molar-refractivity contribution in [2.75, 3.05) is 27.2 Å². The number of likely N-dealkylation sites (tertiary alicyclic amines) is 1. The number of pyridine rings is 1. The Hall–Kier alpha value is -3.50. The van der Waals surface area contributed by atoms with E-state index in [0.717, 1.165) is 53.7 Å². The number of aromatic nitrogens is 1. The van der Waals surface area contributed by atoms with E-state index in [-0.39, 0.29) is 11.9 Å². The van der Waals surface area contributed by atoms with Gasteiger partial charge < -0.3 is 9.80 Å². The molecule has 0 saturated carbocycles. The molecule has 0 bridgehead atoms. The number of fused-ring (bicyclic) bond motifs is 1. The van der Waals surface area contributed by atoms with E-state index in [1.807, 2.05) is 60.5 Å². The first-order valence-corrected chi connectivity index (χ1v) is 11.6. The molecule has 1 amide bonds. The van der Waals surface area contributed by atoms with Gasteiger partial charge in [-0.3, -0.25) is 4.79 Å². The second-order valence-corrected chi connectivity index (χ2v) is 8.97. The van der Waals surface area contributed by atoms with Gasteiger partial charge in [-0.1, -0.05) is 72.8 Å². The number of nitrogens with zero attached hydrogens (tertiary/aromatic N) is 3. The molecule has 166 valence electrons. The lowest BCUT2D eigenvalue weighted by Gasteiger charge is -2.35. The molecule has 4 heteroatoms. The lowest BCUT2D eigenvalue weighted by Crippen LogP contribution is -2.44. The van der Waals surface area contributed by atoms with E-state index >= 15 is 0 Å². The number of carbonyl (C=O) groups is 1. The lowest BCUT2D eigenvalue weighted by atomic mass is 9.99. The maximum atomic E-state index is 13.6. The van der Waals surface area contributed by atoms with Crippen LogP contribution in [0.25, 0.3) is 33.3 Å². The Labute approximate surface area is 195 Å². The van der Waals surface area contributed by atoms with E-state index in [2.05, 4.69) is 48.3 Å². The van der Waals surface area contributed by atoms with E-state index in [1.165, 1.54) is 11.1 Å². The molecule has 1 aliphatic heterocycles. The first kappa shape index (κ1) is 21.4. The van der Waals surface area contributed by atoms with Gasteiger partial charge in [0.1, 0.15) is 0 Å². The summed E-state index contributed by atoms with van der Waals surface area (Å²) < 4.78 is 0. The molecule has 0 atom stereocenters. The molecular formula is C29H29N3O. The molecule has 0 N–H and O–H groups in total. The number of hydrogen-bond donors (Lipinski definition) is 0. The van der Waals surface area contributed by atoms with Crippen molar-refractivity contribution < 1.29 is 4.79 Å². The summed E-state index contributed by atoms with van der Waals surface area (Å²) >= 11 is 0. The van der Waals surface area contributed by atoms with Crippen molar-refractivity contribution >= 4 is 16.8 Å². The molecule has 1 aliphatic rings. The maximum Gasteiger partial charge on any atom is 0.254 e. The zero-order valence-electron chi connectivity index (χ0n) is 19.2. The summed E-state index contributed by atoms with van der Waals surface area (Å²) in [5.41, 5.74) is 5.76. The fraction of sp³-hybridized carbons (Fsp3) is 0.241. The highest BCUT2D eigenvalue weighted by atomic mass is 16.2. The van der Waals surface area contributed by atoms with E-state index in [1.54, 1.807) is 0 Å². The highest BCUT2D eigenvalue weighted by molar-refractivity contribution is 6.07. The molecule has 2 heterocycles. The van der Waals surface area contributed by atoms with Gasteiger partial charge in [0.15, 0.2) is 0 Å². The predicted octanol–water partition coefficient (Wildman–Crippen LogP) is 5.74. The molecule has 0 spiro atoms. The largest absolute Gasteiger partial charge is 0.339 e. The van der Waals surface area contributed by atoms with Crippen LogP contribution < -0.4 is 0 Å². The van der Waals surface area contributed by atoms with E-state index in [0.29, 0.717) is 0 Å². The fourth-order valence-corrected chi connectivity index (χ4v) is 4.70. The molecule has 1 aromatic heterocycles. The Bertz CT molecular complexity index is 1260. The number of hydrogen-bond acceptors (Lipinski definition) is 3. The summed E-state index contributed by atoms with van der Waals surface area (Å²) in [6.45, 7) is 2.05. The summed E-state index contributed by atoms with van der Waals surface area (Å²) in [4.78, 5) is 22.8. The molecule has 33 heavy (non-hydrogen) atoms. The number of rotatable bonds is 4. The van der Waals surface area contributed by atoms with Gasteiger partial charge in [-0.05, 0) is 56.2 Å². The molecule has 5 rings (SSSR count). The van der Waals surface area contributed by atoms with Gasteiger partial charge in [-0.25, -0.2) is 4.98 Å². The van der Waals surface area contributed by atoms with Crippen LogP contribution in [0.15, 0.2) is 84.9 Å². The average Bonchev–Trinajstić information content (AvgIpc) is 2.88. The van der Waals surface area contributed by atoms with Gasteiger partial charge in [-0.2, -0.15) is 0 Å². The van der Waals surface area contributed by atoms with Gasteiger partial charge in [0.05, 0.1) is 16.8 Å². The first-order chi connectivity index (χ1) is 16.1. The molecule has 0 radical (unpaired) electrons. The highest BCUT2D eigenvalue weighted by Gasteiger charge is 2.26. The van der Waals surface area contributed by atoms with Crippen LogP contribution in [0.4, 0.5) is 0 Å². The second-order valence-electron chi connectivity index (χ2n) is 8.97. The summed E-state index contributed by atoms with van der Waals surface area (Å²) in [7, 11) is 4.09. The van der Waals surface area contributed by atoms with E-state index < -0.39 is 0 Å². The minimum atomic E-state index is 0.0744. The predicted molar refractivity (Wildman–Crippen MR) is 135 cm³/mol. The summed E-state index contributed by atoms with van der Waals surface area (Å²) in [5, 5.41) is 0.909. The molecule has 1 fully saturated rings. The van der Waals surface area contributed by atoms with Crippen LogP contribution in [-0.4, -0.2) is 53.9 Å². The minimum Gasteiger partial charge on any atom is -0.339 e. The lowest BCUT2D eigenvalue weighted by molar-refractivity contribution is 0.0661. The molecule has 4 nitrogen and oxygen atoms in total. The van der Waals surface area contributed by atoms with Gasteiger partial charge >= 0.3 is 0 Å². The van der Waals surface area contributed by atoms with Crippen LogP contribution in [-0.2, 0) is 0 Å². The quantitative estimate of drug-likeness (QED) is 0.410. The highest BCUT2D eigenvalue weighted by Crippen LogP contribution is 2.29. The standard InChI is InChI=1S/C29H29N3O/c1-31-18-16-24(17-19-31)32(2)29(33)26-20-28(30-27-11-7-6-10-25(26)27)23-14-12-22(13-15-23)21-8-4-3-5-9-21/h3-15,20,24H,16-19H2,1-2H3. The number of benzene rings is 3. The SMILES string of the molecule is CN1CCC(N(C)C(=O)c2cc(-c3ccc(-c4ccccc4)cc3)nc3ccccc23)CC1. The number of carbonyl (C=O) groups excluding carboxylic acids is 1.